The number of nitro groups is 1. The summed E-state index contributed by atoms with van der Waals surface area (Å²) in [4.78, 5) is 24.1. The van der Waals surface area contributed by atoms with Crippen LogP contribution in [0.5, 0.6) is 0 Å². The number of hydrogen-bond acceptors (Lipinski definition) is 7. The Labute approximate surface area is 173 Å². The Balaban J connectivity index is 1.69. The molecule has 0 saturated carbocycles. The molecule has 1 fully saturated rings. The molecule has 0 aromatic heterocycles. The fourth-order valence-electron chi connectivity index (χ4n) is 3.24. The van der Waals surface area contributed by atoms with Crippen molar-refractivity contribution in [2.45, 2.75) is 11.4 Å². The second kappa shape index (κ2) is 8.58. The van der Waals surface area contributed by atoms with E-state index in [0.29, 0.717) is 24.2 Å². The van der Waals surface area contributed by atoms with Crippen molar-refractivity contribution in [3.8, 4) is 6.07 Å². The van der Waals surface area contributed by atoms with Gasteiger partial charge in [0.15, 0.2) is 0 Å². The third-order valence-electron chi connectivity index (χ3n) is 4.91. The van der Waals surface area contributed by atoms with E-state index >= 15 is 0 Å². The lowest BCUT2D eigenvalue weighted by Gasteiger charge is -2.33. The average Bonchev–Trinajstić information content (AvgIpc) is 2.74. The standard InChI is InChI=1S/C19H19N5O5S/c20-12-14-1-5-17(6-2-14)30(28,29)23-9-7-22(8-10-23)13-16-4-3-15(19(21)25)11-18(16)24(26)27/h1-6,11H,7-10,13H2,(H2,21,25). The zero-order valence-electron chi connectivity index (χ0n) is 15.9. The minimum Gasteiger partial charge on any atom is -0.366 e. The molecule has 11 heteroatoms. The molecule has 30 heavy (non-hydrogen) atoms. The van der Waals surface area contributed by atoms with Crippen molar-refractivity contribution < 1.29 is 18.1 Å². The zero-order valence-corrected chi connectivity index (χ0v) is 16.7. The molecule has 2 aromatic carbocycles. The molecule has 2 N–H and O–H groups in total. The van der Waals surface area contributed by atoms with Gasteiger partial charge >= 0.3 is 0 Å². The van der Waals surface area contributed by atoms with Crippen LogP contribution in [-0.2, 0) is 16.6 Å². The highest BCUT2D eigenvalue weighted by atomic mass is 32.2. The first-order chi connectivity index (χ1) is 14.2. The van der Waals surface area contributed by atoms with Gasteiger partial charge < -0.3 is 5.73 Å². The van der Waals surface area contributed by atoms with Gasteiger partial charge in [0.2, 0.25) is 15.9 Å². The lowest BCUT2D eigenvalue weighted by Crippen LogP contribution is -2.48. The van der Waals surface area contributed by atoms with E-state index in [4.69, 9.17) is 11.0 Å². The Kier molecular flexibility index (Phi) is 6.12. The normalized spacial score (nSPS) is 15.4. The number of piperazine rings is 1. The first kappa shape index (κ1) is 21.4. The summed E-state index contributed by atoms with van der Waals surface area (Å²) >= 11 is 0. The monoisotopic (exact) mass is 429 g/mol. The minimum atomic E-state index is -3.68. The van der Waals surface area contributed by atoms with Gasteiger partial charge in [0.05, 0.1) is 21.5 Å². The molecule has 0 spiro atoms. The second-order valence-electron chi connectivity index (χ2n) is 6.78. The van der Waals surface area contributed by atoms with Crippen LogP contribution in [0.3, 0.4) is 0 Å². The minimum absolute atomic E-state index is 0.0591. The molecule has 1 amide bonds. The Morgan fingerprint density at radius 3 is 2.30 bits per heavy atom. The third-order valence-corrected chi connectivity index (χ3v) is 6.83. The number of nitro benzene ring substituents is 1. The fraction of sp³-hybridized carbons (Fsp3) is 0.263. The van der Waals surface area contributed by atoms with Gasteiger partial charge in [-0.3, -0.25) is 19.8 Å². The van der Waals surface area contributed by atoms with E-state index in [9.17, 15) is 23.3 Å². The molecule has 0 unspecified atom stereocenters. The Hall–Kier alpha value is -3.33. The number of benzene rings is 2. The summed E-state index contributed by atoms with van der Waals surface area (Å²) in [5.74, 6) is -0.744. The SMILES string of the molecule is N#Cc1ccc(S(=O)(=O)N2CCN(Cc3ccc(C(N)=O)cc3[N+](=O)[O-])CC2)cc1. The van der Waals surface area contributed by atoms with Crippen molar-refractivity contribution in [1.82, 2.24) is 9.21 Å². The van der Waals surface area contributed by atoms with Crippen LogP contribution >= 0.6 is 0 Å². The predicted octanol–water partition coefficient (Wildman–Crippen LogP) is 1.07. The number of hydrogen-bond donors (Lipinski definition) is 1. The summed E-state index contributed by atoms with van der Waals surface area (Å²) in [6, 6.07) is 11.8. The molecule has 0 atom stereocenters. The molecular weight excluding hydrogens is 410 g/mol. The van der Waals surface area contributed by atoms with E-state index in [1.165, 1.54) is 40.7 Å². The summed E-state index contributed by atoms with van der Waals surface area (Å²) in [5.41, 5.74) is 5.85. The molecule has 1 saturated heterocycles. The average molecular weight is 429 g/mol. The first-order valence-corrected chi connectivity index (χ1v) is 10.5. The lowest BCUT2D eigenvalue weighted by atomic mass is 10.1. The van der Waals surface area contributed by atoms with Gasteiger partial charge in [-0.1, -0.05) is 6.07 Å². The van der Waals surface area contributed by atoms with Crippen LogP contribution in [0.2, 0.25) is 0 Å². The number of nitrogens with two attached hydrogens (primary N) is 1. The molecule has 0 radical (unpaired) electrons. The van der Waals surface area contributed by atoms with Gasteiger partial charge in [-0.25, -0.2) is 8.42 Å². The topological polar surface area (TPSA) is 151 Å². The molecular formula is C19H19N5O5S. The zero-order chi connectivity index (χ0) is 21.9. The number of nitrogens with zero attached hydrogens (tertiary/aromatic N) is 4. The molecule has 1 heterocycles. The number of primary amides is 1. The molecule has 10 nitrogen and oxygen atoms in total. The summed E-state index contributed by atoms with van der Waals surface area (Å²) in [7, 11) is -3.68. The van der Waals surface area contributed by atoms with Gasteiger partial charge in [-0.05, 0) is 30.3 Å². The fourth-order valence-corrected chi connectivity index (χ4v) is 4.66. The van der Waals surface area contributed by atoms with Crippen LogP contribution in [0.1, 0.15) is 21.5 Å². The number of nitriles is 1. The maximum atomic E-state index is 12.8. The van der Waals surface area contributed by atoms with Crippen LogP contribution in [0.15, 0.2) is 47.4 Å². The number of carbonyl (C=O) groups excluding carboxylic acids is 1. The smallest absolute Gasteiger partial charge is 0.274 e. The molecule has 0 aliphatic carbocycles. The van der Waals surface area contributed by atoms with Crippen molar-refractivity contribution >= 4 is 21.6 Å². The van der Waals surface area contributed by atoms with Crippen molar-refractivity contribution in [3.63, 3.8) is 0 Å². The number of amides is 1. The van der Waals surface area contributed by atoms with Crippen LogP contribution in [0, 0.1) is 21.4 Å². The van der Waals surface area contributed by atoms with E-state index < -0.39 is 20.9 Å². The summed E-state index contributed by atoms with van der Waals surface area (Å²) in [6.45, 7) is 1.50. The molecule has 2 aromatic rings. The van der Waals surface area contributed by atoms with Crippen LogP contribution in [0.4, 0.5) is 5.69 Å². The van der Waals surface area contributed by atoms with Crippen molar-refractivity contribution in [3.05, 3.63) is 69.3 Å². The largest absolute Gasteiger partial charge is 0.366 e. The summed E-state index contributed by atoms with van der Waals surface area (Å²) < 4.78 is 26.9. The highest BCUT2D eigenvalue weighted by molar-refractivity contribution is 7.89. The van der Waals surface area contributed by atoms with Crippen molar-refractivity contribution in [2.75, 3.05) is 26.2 Å². The molecule has 0 bridgehead atoms. The van der Waals surface area contributed by atoms with E-state index in [1.54, 1.807) is 0 Å². The summed E-state index contributed by atoms with van der Waals surface area (Å²) in [5, 5.41) is 20.2. The van der Waals surface area contributed by atoms with Gasteiger partial charge in [0.1, 0.15) is 0 Å². The van der Waals surface area contributed by atoms with E-state index in [-0.39, 0.29) is 35.8 Å². The quantitative estimate of drug-likeness (QED) is 0.533. The molecule has 1 aliphatic rings. The molecule has 3 rings (SSSR count). The molecule has 1 aliphatic heterocycles. The number of rotatable bonds is 6. The van der Waals surface area contributed by atoms with Gasteiger partial charge in [-0.2, -0.15) is 9.57 Å². The maximum Gasteiger partial charge on any atom is 0.274 e. The number of sulfonamides is 1. The van der Waals surface area contributed by atoms with Gasteiger partial charge in [0, 0.05) is 49.9 Å². The van der Waals surface area contributed by atoms with E-state index in [2.05, 4.69) is 0 Å². The first-order valence-electron chi connectivity index (χ1n) is 9.02. The third kappa shape index (κ3) is 4.46. The predicted molar refractivity (Wildman–Crippen MR) is 107 cm³/mol. The van der Waals surface area contributed by atoms with Crippen molar-refractivity contribution in [1.29, 1.82) is 5.26 Å². The second-order valence-corrected chi connectivity index (χ2v) is 8.72. The van der Waals surface area contributed by atoms with Gasteiger partial charge in [-0.15, -0.1) is 0 Å². The Bertz CT molecular complexity index is 1120. The van der Waals surface area contributed by atoms with E-state index in [0.717, 1.165) is 6.07 Å². The summed E-state index contributed by atoms with van der Waals surface area (Å²) in [6.07, 6.45) is 0. The van der Waals surface area contributed by atoms with Crippen molar-refractivity contribution in [2.24, 2.45) is 5.73 Å². The van der Waals surface area contributed by atoms with Gasteiger partial charge in [0.25, 0.3) is 5.69 Å². The van der Waals surface area contributed by atoms with Crippen LogP contribution < -0.4 is 5.73 Å². The van der Waals surface area contributed by atoms with Crippen LogP contribution in [-0.4, -0.2) is 54.6 Å². The Morgan fingerprint density at radius 1 is 1.13 bits per heavy atom. The highest BCUT2D eigenvalue weighted by Crippen LogP contribution is 2.24. The highest BCUT2D eigenvalue weighted by Gasteiger charge is 2.29. The van der Waals surface area contributed by atoms with E-state index in [1.807, 2.05) is 11.0 Å². The maximum absolute atomic E-state index is 12.8. The Morgan fingerprint density at radius 2 is 1.77 bits per heavy atom. The molecule has 156 valence electrons. The lowest BCUT2D eigenvalue weighted by molar-refractivity contribution is -0.385. The van der Waals surface area contributed by atoms with Crippen LogP contribution in [0.25, 0.3) is 0 Å². The number of carbonyl (C=O) groups is 1.